The lowest BCUT2D eigenvalue weighted by Crippen LogP contribution is -2.30. The van der Waals surface area contributed by atoms with E-state index < -0.39 is 6.10 Å². The summed E-state index contributed by atoms with van der Waals surface area (Å²) in [6, 6.07) is 0. The largest absolute Gasteiger partial charge is 0.462 e. The predicted molar refractivity (Wildman–Crippen MR) is 192 cm³/mol. The molecular weight excluding hydrogens is 576 g/mol. The van der Waals surface area contributed by atoms with Gasteiger partial charge in [-0.1, -0.05) is 134 Å². The molecule has 1 unspecified atom stereocenters. The van der Waals surface area contributed by atoms with Crippen LogP contribution in [-0.2, 0) is 28.6 Å². The lowest BCUT2D eigenvalue weighted by Gasteiger charge is -2.18. The summed E-state index contributed by atoms with van der Waals surface area (Å²) >= 11 is 0. The van der Waals surface area contributed by atoms with Gasteiger partial charge in [0.05, 0.1) is 0 Å². The fourth-order valence-corrected chi connectivity index (χ4v) is 4.95. The van der Waals surface area contributed by atoms with Crippen LogP contribution in [0.25, 0.3) is 0 Å². The summed E-state index contributed by atoms with van der Waals surface area (Å²) in [5, 5.41) is 0. The maximum Gasteiger partial charge on any atom is 0.306 e. The summed E-state index contributed by atoms with van der Waals surface area (Å²) in [6.45, 7) is 6.37. The van der Waals surface area contributed by atoms with Gasteiger partial charge in [0.1, 0.15) is 13.2 Å². The fraction of sp³-hybridized carbons (Fsp3) is 0.775. The summed E-state index contributed by atoms with van der Waals surface area (Å²) in [7, 11) is 0. The zero-order valence-corrected chi connectivity index (χ0v) is 30.1. The molecular formula is C40H70O6. The van der Waals surface area contributed by atoms with E-state index in [4.69, 9.17) is 14.2 Å². The first-order chi connectivity index (χ1) is 22.5. The normalized spacial score (nSPS) is 12.3. The van der Waals surface area contributed by atoms with Crippen LogP contribution in [0.2, 0.25) is 0 Å². The van der Waals surface area contributed by atoms with Crippen molar-refractivity contribution < 1.29 is 28.6 Å². The summed E-state index contributed by atoms with van der Waals surface area (Å²) in [6.07, 6.45) is 37.3. The van der Waals surface area contributed by atoms with Crippen LogP contribution in [0, 0.1) is 0 Å². The van der Waals surface area contributed by atoms with Gasteiger partial charge in [-0.2, -0.15) is 0 Å². The number of hydrogen-bond acceptors (Lipinski definition) is 6. The Labute approximate surface area is 283 Å². The summed E-state index contributed by atoms with van der Waals surface area (Å²) in [5.41, 5.74) is 0. The highest BCUT2D eigenvalue weighted by molar-refractivity contribution is 5.71. The van der Waals surface area contributed by atoms with E-state index in [0.717, 1.165) is 109 Å². The quantitative estimate of drug-likeness (QED) is 0.0305. The lowest BCUT2D eigenvalue weighted by molar-refractivity contribution is -0.167. The molecule has 0 N–H and O–H groups in total. The van der Waals surface area contributed by atoms with Crippen molar-refractivity contribution in [2.75, 3.05) is 13.2 Å². The first-order valence-electron chi connectivity index (χ1n) is 19.0. The minimum absolute atomic E-state index is 0.0815. The first kappa shape index (κ1) is 43.6. The predicted octanol–water partition coefficient (Wildman–Crippen LogP) is 11.5. The second-order valence-corrected chi connectivity index (χ2v) is 12.5. The lowest BCUT2D eigenvalue weighted by atomic mass is 10.1. The van der Waals surface area contributed by atoms with Crippen LogP contribution >= 0.6 is 0 Å². The monoisotopic (exact) mass is 647 g/mol. The molecule has 0 aliphatic rings. The average Bonchev–Trinajstić information content (AvgIpc) is 3.05. The molecule has 6 nitrogen and oxygen atoms in total. The number of rotatable bonds is 33. The molecule has 0 fully saturated rings. The third kappa shape index (κ3) is 33.0. The van der Waals surface area contributed by atoms with Crippen LogP contribution in [0.4, 0.5) is 0 Å². The topological polar surface area (TPSA) is 78.9 Å². The van der Waals surface area contributed by atoms with Crippen LogP contribution in [-0.4, -0.2) is 37.2 Å². The Hall–Kier alpha value is -2.37. The molecule has 1 atom stereocenters. The molecule has 0 aromatic carbocycles. The van der Waals surface area contributed by atoms with E-state index in [0.29, 0.717) is 19.3 Å². The van der Waals surface area contributed by atoms with E-state index in [1.165, 1.54) is 32.1 Å². The fourth-order valence-electron chi connectivity index (χ4n) is 4.95. The van der Waals surface area contributed by atoms with Crippen LogP contribution in [0.1, 0.15) is 181 Å². The number of carbonyl (C=O) groups is 3. The number of carbonyl (C=O) groups excluding carboxylic acids is 3. The number of unbranched alkanes of at least 4 members (excludes halogenated alkanes) is 16. The summed E-state index contributed by atoms with van der Waals surface area (Å²) in [5.74, 6) is -0.929. The standard InChI is InChI=1S/C40H70O6/c1-4-7-10-13-15-17-19-20-21-23-24-27-30-33-39(42)45-36-37(35-44-38(41)32-29-26-12-9-6-3)46-40(43)34-31-28-25-22-18-16-14-11-8-5-2/h10-11,13-14,17,19,37H,4-9,12,15-16,18,20-36H2,1-3H3/b13-10-,14-11-,19-17-. The second kappa shape index (κ2) is 35.5. The van der Waals surface area contributed by atoms with Crippen LogP contribution in [0.15, 0.2) is 36.5 Å². The summed E-state index contributed by atoms with van der Waals surface area (Å²) < 4.78 is 16.5. The molecule has 0 rings (SSSR count). The van der Waals surface area contributed by atoms with Crippen LogP contribution in [0.3, 0.4) is 0 Å². The molecule has 0 aliphatic carbocycles. The molecule has 0 heterocycles. The van der Waals surface area contributed by atoms with Crippen molar-refractivity contribution in [1.82, 2.24) is 0 Å². The minimum Gasteiger partial charge on any atom is -0.462 e. The molecule has 0 aromatic heterocycles. The minimum atomic E-state index is -0.773. The number of allylic oxidation sites excluding steroid dienone is 6. The molecule has 0 spiro atoms. The van der Waals surface area contributed by atoms with E-state index >= 15 is 0 Å². The zero-order chi connectivity index (χ0) is 33.8. The highest BCUT2D eigenvalue weighted by Crippen LogP contribution is 2.12. The van der Waals surface area contributed by atoms with Gasteiger partial charge in [0.2, 0.25) is 0 Å². The Kier molecular flexibility index (Phi) is 33.7. The Bertz CT molecular complexity index is 800. The Morgan fingerprint density at radius 2 is 0.826 bits per heavy atom. The maximum absolute atomic E-state index is 12.5. The van der Waals surface area contributed by atoms with Crippen LogP contribution < -0.4 is 0 Å². The molecule has 266 valence electrons. The zero-order valence-electron chi connectivity index (χ0n) is 30.1. The van der Waals surface area contributed by atoms with E-state index in [9.17, 15) is 14.4 Å². The van der Waals surface area contributed by atoms with Gasteiger partial charge in [0.15, 0.2) is 6.10 Å². The van der Waals surface area contributed by atoms with E-state index in [1.54, 1.807) is 0 Å². The van der Waals surface area contributed by atoms with Crippen molar-refractivity contribution >= 4 is 17.9 Å². The van der Waals surface area contributed by atoms with Gasteiger partial charge < -0.3 is 14.2 Å². The van der Waals surface area contributed by atoms with E-state index in [2.05, 4.69) is 57.2 Å². The van der Waals surface area contributed by atoms with Gasteiger partial charge in [-0.25, -0.2) is 0 Å². The molecule has 0 bridgehead atoms. The molecule has 0 aromatic rings. The number of hydrogen-bond donors (Lipinski definition) is 0. The van der Waals surface area contributed by atoms with Crippen LogP contribution in [0.5, 0.6) is 0 Å². The van der Waals surface area contributed by atoms with Crippen molar-refractivity contribution in [2.24, 2.45) is 0 Å². The number of esters is 3. The molecule has 6 heteroatoms. The second-order valence-electron chi connectivity index (χ2n) is 12.5. The van der Waals surface area contributed by atoms with Gasteiger partial charge in [0.25, 0.3) is 0 Å². The van der Waals surface area contributed by atoms with Gasteiger partial charge in [-0.15, -0.1) is 0 Å². The van der Waals surface area contributed by atoms with Gasteiger partial charge >= 0.3 is 17.9 Å². The highest BCUT2D eigenvalue weighted by Gasteiger charge is 2.19. The SMILES string of the molecule is CCC/C=C\C/C=C\CCCCCCCC(=O)OCC(COC(=O)CCCCCCC)OC(=O)CCCCCCC/C=C\CCC. The van der Waals surface area contributed by atoms with Gasteiger partial charge in [-0.3, -0.25) is 14.4 Å². The smallest absolute Gasteiger partial charge is 0.306 e. The summed E-state index contributed by atoms with van der Waals surface area (Å²) in [4.78, 5) is 37.2. The maximum atomic E-state index is 12.5. The van der Waals surface area contributed by atoms with Crippen molar-refractivity contribution in [3.8, 4) is 0 Å². The third-order valence-corrected chi connectivity index (χ3v) is 7.83. The highest BCUT2D eigenvalue weighted by atomic mass is 16.6. The van der Waals surface area contributed by atoms with Gasteiger partial charge in [-0.05, 0) is 64.2 Å². The number of ether oxygens (including phenoxy) is 3. The molecule has 0 amide bonds. The van der Waals surface area contributed by atoms with Crippen molar-refractivity contribution in [3.63, 3.8) is 0 Å². The molecule has 46 heavy (non-hydrogen) atoms. The van der Waals surface area contributed by atoms with Crippen molar-refractivity contribution in [1.29, 1.82) is 0 Å². The first-order valence-corrected chi connectivity index (χ1v) is 19.0. The molecule has 0 saturated heterocycles. The Morgan fingerprint density at radius 3 is 1.33 bits per heavy atom. The molecule has 0 aliphatic heterocycles. The van der Waals surface area contributed by atoms with Crippen molar-refractivity contribution in [3.05, 3.63) is 36.5 Å². The average molecular weight is 647 g/mol. The molecule has 0 radical (unpaired) electrons. The van der Waals surface area contributed by atoms with E-state index in [1.807, 2.05) is 0 Å². The molecule has 0 saturated carbocycles. The van der Waals surface area contributed by atoms with Crippen molar-refractivity contribution in [2.45, 2.75) is 187 Å². The Morgan fingerprint density at radius 1 is 0.435 bits per heavy atom. The third-order valence-electron chi connectivity index (χ3n) is 7.83. The van der Waals surface area contributed by atoms with E-state index in [-0.39, 0.29) is 31.1 Å². The van der Waals surface area contributed by atoms with Gasteiger partial charge in [0, 0.05) is 19.3 Å². The Balaban J connectivity index is 4.32.